The lowest BCUT2D eigenvalue weighted by Crippen LogP contribution is -2.21. The predicted octanol–water partition coefficient (Wildman–Crippen LogP) is 6.62. The average molecular weight is 544 g/mol. The van der Waals surface area contributed by atoms with Gasteiger partial charge in [-0.1, -0.05) is 60.1 Å². The van der Waals surface area contributed by atoms with E-state index in [9.17, 15) is 26.9 Å². The third kappa shape index (κ3) is 6.02. The van der Waals surface area contributed by atoms with Crippen molar-refractivity contribution < 1.29 is 26.3 Å². The van der Waals surface area contributed by atoms with E-state index < -0.39 is 21.6 Å². The monoisotopic (exact) mass is 543 g/mol. The van der Waals surface area contributed by atoms with Crippen LogP contribution < -0.4 is 9.46 Å². The molecular formula is C26H17ClF3N3O3S. The number of benzene rings is 3. The Morgan fingerprint density at radius 1 is 1.00 bits per heavy atom. The highest BCUT2D eigenvalue weighted by atomic mass is 35.5. The maximum Gasteiger partial charge on any atom is 0.355 e. The van der Waals surface area contributed by atoms with E-state index in [0.29, 0.717) is 22.4 Å². The van der Waals surface area contributed by atoms with E-state index in [1.807, 2.05) is 41.1 Å². The Bertz CT molecular complexity index is 1580. The number of pyridine rings is 1. The van der Waals surface area contributed by atoms with E-state index in [1.165, 1.54) is 42.5 Å². The lowest BCUT2D eigenvalue weighted by atomic mass is 9.98. The molecule has 0 unspecified atom stereocenters. The van der Waals surface area contributed by atoms with Gasteiger partial charge >= 0.3 is 5.76 Å². The Labute approximate surface area is 216 Å². The molecule has 0 atom stereocenters. The molecule has 0 radical (unpaired) electrons. The number of aromatic nitrogens is 1. The first kappa shape index (κ1) is 26.0. The second-order valence-corrected chi connectivity index (χ2v) is 9.74. The molecule has 0 aliphatic carbocycles. The molecule has 0 bridgehead atoms. The molecule has 0 amide bonds. The summed E-state index contributed by atoms with van der Waals surface area (Å²) < 4.78 is 70.5. The summed E-state index contributed by atoms with van der Waals surface area (Å²) in [6, 6.07) is 22.2. The van der Waals surface area contributed by atoms with E-state index >= 15 is 0 Å². The van der Waals surface area contributed by atoms with Crippen LogP contribution in [0.25, 0.3) is 22.4 Å². The van der Waals surface area contributed by atoms with Gasteiger partial charge in [0.1, 0.15) is 29.4 Å². The minimum absolute atomic E-state index is 0.0462. The van der Waals surface area contributed by atoms with Crippen molar-refractivity contribution in [1.82, 2.24) is 4.98 Å². The number of alkyl halides is 2. The number of ether oxygens (including phenoxy) is 1. The molecule has 4 rings (SSSR count). The Kier molecular flexibility index (Phi) is 7.66. The van der Waals surface area contributed by atoms with Crippen LogP contribution in [-0.2, 0) is 16.6 Å². The zero-order valence-corrected chi connectivity index (χ0v) is 20.4. The molecule has 0 saturated heterocycles. The number of hydrogen-bond acceptors (Lipinski definition) is 5. The highest BCUT2D eigenvalue weighted by molar-refractivity contribution is 7.93. The summed E-state index contributed by atoms with van der Waals surface area (Å²) in [6.07, 6.45) is 0. The Balaban J connectivity index is 1.80. The summed E-state index contributed by atoms with van der Waals surface area (Å²) in [4.78, 5) is 4.30. The van der Waals surface area contributed by atoms with Crippen molar-refractivity contribution in [2.75, 3.05) is 4.72 Å². The summed E-state index contributed by atoms with van der Waals surface area (Å²) in [5.41, 5.74) is 2.36. The number of rotatable bonds is 8. The first-order valence-electron chi connectivity index (χ1n) is 10.7. The van der Waals surface area contributed by atoms with Crippen molar-refractivity contribution in [2.45, 2.75) is 12.4 Å². The largest absolute Gasteiger partial charge is 0.487 e. The van der Waals surface area contributed by atoms with Crippen molar-refractivity contribution in [1.29, 1.82) is 5.26 Å². The van der Waals surface area contributed by atoms with E-state index in [1.54, 1.807) is 6.07 Å². The van der Waals surface area contributed by atoms with Gasteiger partial charge in [0.2, 0.25) is 0 Å². The molecule has 3 aromatic carbocycles. The molecule has 1 N–H and O–H groups in total. The molecule has 11 heteroatoms. The highest BCUT2D eigenvalue weighted by Gasteiger charge is 2.25. The minimum atomic E-state index is -5.00. The molecule has 6 nitrogen and oxygen atoms in total. The fourth-order valence-corrected chi connectivity index (χ4v) is 4.24. The van der Waals surface area contributed by atoms with E-state index in [4.69, 9.17) is 16.3 Å². The van der Waals surface area contributed by atoms with Gasteiger partial charge in [-0.2, -0.15) is 14.0 Å². The molecule has 4 aromatic rings. The van der Waals surface area contributed by atoms with Gasteiger partial charge in [0.25, 0.3) is 10.0 Å². The van der Waals surface area contributed by atoms with Gasteiger partial charge in [-0.15, -0.1) is 0 Å². The molecule has 0 aliphatic heterocycles. The van der Waals surface area contributed by atoms with Crippen molar-refractivity contribution in [3.05, 3.63) is 101 Å². The maximum absolute atomic E-state index is 13.2. The van der Waals surface area contributed by atoms with Crippen LogP contribution in [0.1, 0.15) is 11.1 Å². The van der Waals surface area contributed by atoms with Gasteiger partial charge in [0, 0.05) is 11.1 Å². The van der Waals surface area contributed by atoms with Crippen LogP contribution in [0.15, 0.2) is 78.9 Å². The summed E-state index contributed by atoms with van der Waals surface area (Å²) in [5.74, 6) is -4.22. The molecule has 1 heterocycles. The molecule has 0 aliphatic rings. The lowest BCUT2D eigenvalue weighted by molar-refractivity contribution is 0.236. The maximum atomic E-state index is 13.2. The van der Waals surface area contributed by atoms with Gasteiger partial charge in [-0.3, -0.25) is 4.72 Å². The molecule has 0 fully saturated rings. The highest BCUT2D eigenvalue weighted by Crippen LogP contribution is 2.37. The van der Waals surface area contributed by atoms with Crippen LogP contribution in [-0.4, -0.2) is 19.2 Å². The molecule has 0 saturated carbocycles. The first-order valence-corrected chi connectivity index (χ1v) is 12.6. The number of nitrogens with zero attached hydrogens (tertiary/aromatic N) is 2. The number of halogens is 4. The Hall–Kier alpha value is -4.07. The quantitative estimate of drug-likeness (QED) is 0.252. The second kappa shape index (κ2) is 10.9. The number of sulfonamides is 1. The number of nitriles is 1. The van der Waals surface area contributed by atoms with Crippen molar-refractivity contribution in [3.63, 3.8) is 0 Å². The summed E-state index contributed by atoms with van der Waals surface area (Å²) in [5, 5.41) is 9.68. The zero-order chi connectivity index (χ0) is 26.6. The van der Waals surface area contributed by atoms with Crippen LogP contribution in [0.3, 0.4) is 0 Å². The topological polar surface area (TPSA) is 92.1 Å². The van der Waals surface area contributed by atoms with Gasteiger partial charge < -0.3 is 4.74 Å². The van der Waals surface area contributed by atoms with Crippen LogP contribution in [0.5, 0.6) is 5.75 Å². The summed E-state index contributed by atoms with van der Waals surface area (Å²) in [6.45, 7) is -0.120. The third-order valence-electron chi connectivity index (χ3n) is 5.24. The normalized spacial score (nSPS) is 11.2. The minimum Gasteiger partial charge on any atom is -0.487 e. The van der Waals surface area contributed by atoms with E-state index in [0.717, 1.165) is 5.56 Å². The zero-order valence-electron chi connectivity index (χ0n) is 18.8. The standard InChI is InChI=1S/C26H17ClF3N3O3S/c27-25-21(14-31)20(13-23(32-25)17-4-2-1-3-5-17)18-8-11-22(33-37(34,35)26(29)30)24(12-18)36-15-16-6-9-19(28)10-7-16/h1-13,26,33H,15H2. The first-order chi connectivity index (χ1) is 17.7. The van der Waals surface area contributed by atoms with Crippen LogP contribution in [0.2, 0.25) is 5.15 Å². The molecule has 37 heavy (non-hydrogen) atoms. The van der Waals surface area contributed by atoms with Gasteiger partial charge in [0.15, 0.2) is 0 Å². The Morgan fingerprint density at radius 2 is 1.70 bits per heavy atom. The number of anilines is 1. The van der Waals surface area contributed by atoms with Crippen LogP contribution >= 0.6 is 11.6 Å². The van der Waals surface area contributed by atoms with E-state index in [-0.39, 0.29) is 28.8 Å². The molecular weight excluding hydrogens is 527 g/mol. The number of nitrogens with one attached hydrogen (secondary N) is 1. The SMILES string of the molecule is N#Cc1c(-c2ccc(NS(=O)(=O)C(F)F)c(OCc3ccc(F)cc3)c2)cc(-c2ccccc2)nc1Cl. The second-order valence-electron chi connectivity index (χ2n) is 7.73. The van der Waals surface area contributed by atoms with E-state index in [2.05, 4.69) is 4.98 Å². The Morgan fingerprint density at radius 3 is 2.35 bits per heavy atom. The van der Waals surface area contributed by atoms with Crippen molar-refractivity contribution >= 4 is 27.3 Å². The van der Waals surface area contributed by atoms with Gasteiger partial charge in [-0.25, -0.2) is 17.8 Å². The van der Waals surface area contributed by atoms with Crippen LogP contribution in [0.4, 0.5) is 18.9 Å². The predicted molar refractivity (Wildman–Crippen MR) is 134 cm³/mol. The van der Waals surface area contributed by atoms with Gasteiger partial charge in [-0.05, 0) is 41.5 Å². The van der Waals surface area contributed by atoms with Crippen LogP contribution in [0, 0.1) is 17.1 Å². The molecule has 1 aromatic heterocycles. The smallest absolute Gasteiger partial charge is 0.355 e. The fourth-order valence-electron chi connectivity index (χ4n) is 3.44. The number of hydrogen-bond donors (Lipinski definition) is 1. The molecule has 188 valence electrons. The lowest BCUT2D eigenvalue weighted by Gasteiger charge is -2.16. The van der Waals surface area contributed by atoms with Crippen molar-refractivity contribution in [2.24, 2.45) is 0 Å². The average Bonchev–Trinajstić information content (AvgIpc) is 2.89. The third-order valence-corrected chi connectivity index (χ3v) is 6.49. The summed E-state index contributed by atoms with van der Waals surface area (Å²) in [7, 11) is -5.00. The molecule has 0 spiro atoms. The van der Waals surface area contributed by atoms with Gasteiger partial charge in [0.05, 0.1) is 16.9 Å². The fraction of sp³-hybridized carbons (Fsp3) is 0.0769. The summed E-state index contributed by atoms with van der Waals surface area (Å²) >= 11 is 6.31. The van der Waals surface area contributed by atoms with Crippen molar-refractivity contribution in [3.8, 4) is 34.2 Å².